The smallest absolute Gasteiger partial charge is 0.236 e. The zero-order valence-electron chi connectivity index (χ0n) is 18.1. The first-order chi connectivity index (χ1) is 14.8. The first-order valence-electron chi connectivity index (χ1n) is 10.2. The highest BCUT2D eigenvalue weighted by Crippen LogP contribution is 2.31. The fraction of sp³-hybridized carbons (Fsp3) is 0.409. The molecule has 1 amide bonds. The van der Waals surface area contributed by atoms with Crippen LogP contribution in [0.1, 0.15) is 36.2 Å². The maximum Gasteiger partial charge on any atom is 0.236 e. The molecule has 6 nitrogen and oxygen atoms in total. The van der Waals surface area contributed by atoms with Crippen LogP contribution in [0.5, 0.6) is 0 Å². The normalized spacial score (nSPS) is 15.7. The van der Waals surface area contributed by atoms with E-state index in [-0.39, 0.29) is 17.2 Å². The van der Waals surface area contributed by atoms with E-state index < -0.39 is 0 Å². The van der Waals surface area contributed by atoms with Gasteiger partial charge in [-0.2, -0.15) is 0 Å². The highest BCUT2D eigenvalue weighted by atomic mass is 35.5. The lowest BCUT2D eigenvalue weighted by Gasteiger charge is -2.29. The minimum atomic E-state index is -0.266. The molecule has 0 N–H and O–H groups in total. The van der Waals surface area contributed by atoms with Crippen molar-refractivity contribution in [2.24, 2.45) is 0 Å². The Morgan fingerprint density at radius 3 is 2.65 bits per heavy atom. The molecule has 1 aliphatic rings. The van der Waals surface area contributed by atoms with Gasteiger partial charge < -0.3 is 4.90 Å². The Morgan fingerprint density at radius 1 is 1.19 bits per heavy atom. The molecule has 1 aliphatic heterocycles. The van der Waals surface area contributed by atoms with Crippen molar-refractivity contribution >= 4 is 40.6 Å². The number of fused-ring (bicyclic) bond motifs is 1. The molecular weight excluding hydrogens is 450 g/mol. The van der Waals surface area contributed by atoms with Gasteiger partial charge in [0.2, 0.25) is 5.91 Å². The number of halogens is 1. The van der Waals surface area contributed by atoms with Gasteiger partial charge in [-0.05, 0) is 75.6 Å². The molecule has 3 aromatic rings. The summed E-state index contributed by atoms with van der Waals surface area (Å²) in [6.45, 7) is 5.50. The summed E-state index contributed by atoms with van der Waals surface area (Å²) >= 11 is 9.34. The molecular formula is C22H26ClN5OS2. The molecule has 1 aromatic carbocycles. The quantitative estimate of drug-likeness (QED) is 0.485. The van der Waals surface area contributed by atoms with E-state index in [4.69, 9.17) is 11.6 Å². The summed E-state index contributed by atoms with van der Waals surface area (Å²) in [6.07, 6.45) is 0.932. The van der Waals surface area contributed by atoms with E-state index in [1.807, 2.05) is 54.8 Å². The topological polar surface area (TPSA) is 54.3 Å². The largest absolute Gasteiger partial charge is 0.337 e. The standard InChI is InChI=1S/C22H26ClN5OS2/c1-14(26(3)4)20-24-25-22(28(20)18-7-5-17(23)6-8-18)31-15(2)21(29)27-11-9-19-16(13-27)10-12-30-19/h5-8,10,12,14-15H,9,11,13H2,1-4H3. The molecule has 2 aromatic heterocycles. The van der Waals surface area contributed by atoms with E-state index in [2.05, 4.69) is 33.5 Å². The molecule has 0 saturated heterocycles. The monoisotopic (exact) mass is 475 g/mol. The van der Waals surface area contributed by atoms with Crippen molar-refractivity contribution in [3.63, 3.8) is 0 Å². The van der Waals surface area contributed by atoms with E-state index >= 15 is 0 Å². The molecule has 4 rings (SSSR count). The van der Waals surface area contributed by atoms with Crippen LogP contribution in [0.4, 0.5) is 0 Å². The Hall–Kier alpha value is -1.87. The van der Waals surface area contributed by atoms with Crippen molar-refractivity contribution in [2.75, 3.05) is 20.6 Å². The first kappa shape index (κ1) is 22.3. The number of carbonyl (C=O) groups is 1. The molecule has 0 aliphatic carbocycles. The lowest BCUT2D eigenvalue weighted by Crippen LogP contribution is -2.39. The van der Waals surface area contributed by atoms with E-state index in [1.165, 1.54) is 22.2 Å². The third-order valence-corrected chi connectivity index (χ3v) is 7.95. The van der Waals surface area contributed by atoms with E-state index in [1.54, 1.807) is 11.3 Å². The zero-order valence-corrected chi connectivity index (χ0v) is 20.5. The van der Waals surface area contributed by atoms with Crippen molar-refractivity contribution in [3.8, 4) is 5.69 Å². The Kier molecular flexibility index (Phi) is 6.71. The zero-order chi connectivity index (χ0) is 22.1. The predicted molar refractivity (Wildman–Crippen MR) is 127 cm³/mol. The number of nitrogens with zero attached hydrogens (tertiary/aromatic N) is 5. The molecule has 3 heterocycles. The van der Waals surface area contributed by atoms with Crippen LogP contribution < -0.4 is 0 Å². The van der Waals surface area contributed by atoms with Gasteiger partial charge in [-0.25, -0.2) is 0 Å². The Balaban J connectivity index is 1.59. The number of benzene rings is 1. The average molecular weight is 476 g/mol. The number of hydrogen-bond acceptors (Lipinski definition) is 6. The SMILES string of the molecule is CC(Sc1nnc(C(C)N(C)C)n1-c1ccc(Cl)cc1)C(=O)N1CCc2sccc2C1. The lowest BCUT2D eigenvalue weighted by atomic mass is 10.1. The molecule has 0 radical (unpaired) electrons. The van der Waals surface area contributed by atoms with Gasteiger partial charge in [0.05, 0.1) is 11.3 Å². The second kappa shape index (κ2) is 9.32. The van der Waals surface area contributed by atoms with Crippen LogP contribution in [-0.4, -0.2) is 56.4 Å². The van der Waals surface area contributed by atoms with E-state index in [0.717, 1.165) is 24.5 Å². The number of thioether (sulfide) groups is 1. The molecule has 31 heavy (non-hydrogen) atoms. The summed E-state index contributed by atoms with van der Waals surface area (Å²) in [5.74, 6) is 0.963. The number of aromatic nitrogens is 3. The Morgan fingerprint density at radius 2 is 1.94 bits per heavy atom. The fourth-order valence-electron chi connectivity index (χ4n) is 3.59. The minimum absolute atomic E-state index is 0.0580. The van der Waals surface area contributed by atoms with Gasteiger partial charge in [-0.3, -0.25) is 14.3 Å². The van der Waals surface area contributed by atoms with Gasteiger partial charge >= 0.3 is 0 Å². The third kappa shape index (κ3) is 4.67. The summed E-state index contributed by atoms with van der Waals surface area (Å²) in [7, 11) is 4.03. The summed E-state index contributed by atoms with van der Waals surface area (Å²) in [5, 5.41) is 12.2. The van der Waals surface area contributed by atoms with Crippen LogP contribution in [0.15, 0.2) is 40.9 Å². The fourth-order valence-corrected chi connectivity index (χ4v) is 5.57. The van der Waals surface area contributed by atoms with Crippen LogP contribution in [-0.2, 0) is 17.8 Å². The van der Waals surface area contributed by atoms with Gasteiger partial charge in [-0.15, -0.1) is 21.5 Å². The van der Waals surface area contributed by atoms with Crippen LogP contribution in [0, 0.1) is 0 Å². The van der Waals surface area contributed by atoms with Crippen LogP contribution >= 0.6 is 34.7 Å². The summed E-state index contributed by atoms with van der Waals surface area (Å²) in [6, 6.07) is 9.81. The average Bonchev–Trinajstić information content (AvgIpc) is 3.39. The second-order valence-electron chi connectivity index (χ2n) is 7.93. The van der Waals surface area contributed by atoms with Gasteiger partial charge in [0.1, 0.15) is 0 Å². The van der Waals surface area contributed by atoms with Gasteiger partial charge in [-0.1, -0.05) is 23.4 Å². The molecule has 9 heteroatoms. The van der Waals surface area contributed by atoms with Gasteiger partial charge in [0, 0.05) is 28.7 Å². The first-order valence-corrected chi connectivity index (χ1v) is 12.4. The minimum Gasteiger partial charge on any atom is -0.337 e. The number of hydrogen-bond donors (Lipinski definition) is 0. The van der Waals surface area contributed by atoms with Crippen molar-refractivity contribution in [3.05, 3.63) is 57.0 Å². The van der Waals surface area contributed by atoms with Gasteiger partial charge in [0.25, 0.3) is 0 Å². The highest BCUT2D eigenvalue weighted by Gasteiger charge is 2.29. The molecule has 164 valence electrons. The maximum absolute atomic E-state index is 13.2. The maximum atomic E-state index is 13.2. The molecule has 2 atom stereocenters. The molecule has 0 spiro atoms. The summed E-state index contributed by atoms with van der Waals surface area (Å²) in [4.78, 5) is 18.6. The molecule has 2 unspecified atom stereocenters. The predicted octanol–water partition coefficient (Wildman–Crippen LogP) is 4.67. The molecule has 0 saturated carbocycles. The molecule has 0 bridgehead atoms. The number of amides is 1. The van der Waals surface area contributed by atoms with Crippen LogP contribution in [0.3, 0.4) is 0 Å². The van der Waals surface area contributed by atoms with Crippen molar-refractivity contribution in [2.45, 2.75) is 43.3 Å². The number of thiophene rings is 1. The summed E-state index contributed by atoms with van der Waals surface area (Å²) in [5.41, 5.74) is 2.20. The van der Waals surface area contributed by atoms with E-state index in [0.29, 0.717) is 16.7 Å². The van der Waals surface area contributed by atoms with Crippen molar-refractivity contribution in [1.29, 1.82) is 0 Å². The third-order valence-electron chi connectivity index (χ3n) is 5.64. The van der Waals surface area contributed by atoms with Gasteiger partial charge in [0.15, 0.2) is 11.0 Å². The van der Waals surface area contributed by atoms with Crippen LogP contribution in [0.25, 0.3) is 5.69 Å². The molecule has 0 fully saturated rings. The van der Waals surface area contributed by atoms with Crippen molar-refractivity contribution in [1.82, 2.24) is 24.6 Å². The van der Waals surface area contributed by atoms with Crippen molar-refractivity contribution < 1.29 is 4.79 Å². The number of carbonyl (C=O) groups excluding carboxylic acids is 1. The lowest BCUT2D eigenvalue weighted by molar-refractivity contribution is -0.131. The Labute approximate surface area is 196 Å². The summed E-state index contributed by atoms with van der Waals surface area (Å²) < 4.78 is 2.03. The second-order valence-corrected chi connectivity index (χ2v) is 10.7. The highest BCUT2D eigenvalue weighted by molar-refractivity contribution is 8.00. The number of rotatable bonds is 6. The van der Waals surface area contributed by atoms with Crippen LogP contribution in [0.2, 0.25) is 5.02 Å². The Bertz CT molecular complexity index is 1060. The van der Waals surface area contributed by atoms with E-state index in [9.17, 15) is 4.79 Å².